The first-order valence-electron chi connectivity index (χ1n) is 4.89. The smallest absolute Gasteiger partial charge is 0.349 e. The van der Waals surface area contributed by atoms with Gasteiger partial charge in [0.25, 0.3) is 0 Å². The molecule has 2 heterocycles. The van der Waals surface area contributed by atoms with Crippen molar-refractivity contribution in [3.63, 3.8) is 0 Å². The number of carbonyl (C=O) groups is 1. The third-order valence-corrected chi connectivity index (χ3v) is 2.92. The number of methoxy groups -OCH3 is 1. The highest BCUT2D eigenvalue weighted by Crippen LogP contribution is 2.19. The van der Waals surface area contributed by atoms with E-state index in [-0.39, 0.29) is 5.97 Å². The standard InChI is InChI=1S/C10H11N3O3S/c1-6-3-7(16-13-6)4-11-10-12-5-8(17-10)9(14)15-2/h3,5H,4H2,1-2H3,(H,11,12). The van der Waals surface area contributed by atoms with Crippen LogP contribution in [0.5, 0.6) is 0 Å². The Morgan fingerprint density at radius 2 is 2.47 bits per heavy atom. The van der Waals surface area contributed by atoms with E-state index >= 15 is 0 Å². The van der Waals surface area contributed by atoms with Gasteiger partial charge < -0.3 is 14.6 Å². The van der Waals surface area contributed by atoms with E-state index in [2.05, 4.69) is 20.2 Å². The Balaban J connectivity index is 1.95. The number of carbonyl (C=O) groups excluding carboxylic acids is 1. The first-order valence-corrected chi connectivity index (χ1v) is 5.71. The maximum Gasteiger partial charge on any atom is 0.349 e. The number of nitrogens with zero attached hydrogens (tertiary/aromatic N) is 2. The van der Waals surface area contributed by atoms with E-state index in [9.17, 15) is 4.79 Å². The molecular formula is C10H11N3O3S. The van der Waals surface area contributed by atoms with Crippen LogP contribution >= 0.6 is 11.3 Å². The number of anilines is 1. The molecule has 0 bridgehead atoms. The molecule has 2 rings (SSSR count). The number of hydrogen-bond acceptors (Lipinski definition) is 7. The van der Waals surface area contributed by atoms with Gasteiger partial charge in [-0.05, 0) is 6.92 Å². The molecular weight excluding hydrogens is 242 g/mol. The lowest BCUT2D eigenvalue weighted by atomic mass is 10.4. The van der Waals surface area contributed by atoms with Crippen LogP contribution in [-0.4, -0.2) is 23.2 Å². The summed E-state index contributed by atoms with van der Waals surface area (Å²) in [6, 6.07) is 1.84. The molecule has 0 radical (unpaired) electrons. The molecule has 0 unspecified atom stereocenters. The molecule has 0 atom stereocenters. The number of esters is 1. The highest BCUT2D eigenvalue weighted by atomic mass is 32.1. The van der Waals surface area contributed by atoms with Gasteiger partial charge in [-0.15, -0.1) is 0 Å². The maximum absolute atomic E-state index is 11.2. The van der Waals surface area contributed by atoms with Gasteiger partial charge >= 0.3 is 5.97 Å². The van der Waals surface area contributed by atoms with E-state index in [0.717, 1.165) is 11.5 Å². The zero-order valence-electron chi connectivity index (χ0n) is 9.39. The van der Waals surface area contributed by atoms with Gasteiger partial charge in [0.1, 0.15) is 4.88 Å². The van der Waals surface area contributed by atoms with Crippen molar-refractivity contribution in [2.75, 3.05) is 12.4 Å². The van der Waals surface area contributed by atoms with Gasteiger partial charge in [-0.25, -0.2) is 9.78 Å². The summed E-state index contributed by atoms with van der Waals surface area (Å²) in [5.74, 6) is 0.336. The van der Waals surface area contributed by atoms with E-state index in [4.69, 9.17) is 4.52 Å². The molecule has 90 valence electrons. The monoisotopic (exact) mass is 253 g/mol. The lowest BCUT2D eigenvalue weighted by Crippen LogP contribution is -1.97. The molecule has 6 nitrogen and oxygen atoms in total. The van der Waals surface area contributed by atoms with Gasteiger partial charge in [0.05, 0.1) is 25.5 Å². The summed E-state index contributed by atoms with van der Waals surface area (Å²) < 4.78 is 9.63. The Morgan fingerprint density at radius 1 is 1.65 bits per heavy atom. The summed E-state index contributed by atoms with van der Waals surface area (Å²) in [5, 5.41) is 7.45. The largest absolute Gasteiger partial charge is 0.465 e. The van der Waals surface area contributed by atoms with Crippen molar-refractivity contribution in [1.29, 1.82) is 0 Å². The van der Waals surface area contributed by atoms with Crippen LogP contribution in [0.4, 0.5) is 5.13 Å². The van der Waals surface area contributed by atoms with Crippen LogP contribution in [0, 0.1) is 6.92 Å². The Hall–Kier alpha value is -1.89. The van der Waals surface area contributed by atoms with Gasteiger partial charge in [0.2, 0.25) is 0 Å². The molecule has 0 saturated carbocycles. The highest BCUT2D eigenvalue weighted by Gasteiger charge is 2.10. The molecule has 0 aliphatic rings. The third kappa shape index (κ3) is 2.82. The first-order chi connectivity index (χ1) is 8.19. The quantitative estimate of drug-likeness (QED) is 0.838. The fraction of sp³-hybridized carbons (Fsp3) is 0.300. The molecule has 17 heavy (non-hydrogen) atoms. The summed E-state index contributed by atoms with van der Waals surface area (Å²) in [4.78, 5) is 15.7. The van der Waals surface area contributed by atoms with Gasteiger partial charge in [-0.1, -0.05) is 16.5 Å². The van der Waals surface area contributed by atoms with E-state index in [0.29, 0.717) is 16.6 Å². The van der Waals surface area contributed by atoms with Crippen LogP contribution in [0.3, 0.4) is 0 Å². The summed E-state index contributed by atoms with van der Waals surface area (Å²) in [6.45, 7) is 2.33. The summed E-state index contributed by atoms with van der Waals surface area (Å²) in [6.07, 6.45) is 1.48. The molecule has 1 N–H and O–H groups in total. The van der Waals surface area contributed by atoms with Crippen molar-refractivity contribution in [2.24, 2.45) is 0 Å². The molecule has 0 fully saturated rings. The van der Waals surface area contributed by atoms with Crippen LogP contribution in [0.15, 0.2) is 16.8 Å². The van der Waals surface area contributed by atoms with Crippen LogP contribution in [0.25, 0.3) is 0 Å². The molecule has 0 amide bonds. The van der Waals surface area contributed by atoms with Crippen molar-refractivity contribution in [3.05, 3.63) is 28.6 Å². The topological polar surface area (TPSA) is 77.2 Å². The summed E-state index contributed by atoms with van der Waals surface area (Å²) >= 11 is 1.23. The second kappa shape index (κ2) is 4.96. The fourth-order valence-corrected chi connectivity index (χ4v) is 1.94. The average Bonchev–Trinajstić information content (AvgIpc) is 2.94. The second-order valence-electron chi connectivity index (χ2n) is 3.31. The molecule has 0 aliphatic heterocycles. The number of aromatic nitrogens is 2. The first kappa shape index (κ1) is 11.6. The minimum atomic E-state index is -0.383. The third-order valence-electron chi connectivity index (χ3n) is 1.98. The summed E-state index contributed by atoms with van der Waals surface area (Å²) in [7, 11) is 1.34. The molecule has 0 saturated heterocycles. The van der Waals surface area contributed by atoms with Gasteiger partial charge in [-0.2, -0.15) is 0 Å². The van der Waals surface area contributed by atoms with Crippen LogP contribution in [0.2, 0.25) is 0 Å². The molecule has 2 aromatic rings. The van der Waals surface area contributed by atoms with Crippen LogP contribution < -0.4 is 5.32 Å². The minimum Gasteiger partial charge on any atom is -0.465 e. The van der Waals surface area contributed by atoms with Crippen molar-refractivity contribution in [3.8, 4) is 0 Å². The van der Waals surface area contributed by atoms with Crippen molar-refractivity contribution in [1.82, 2.24) is 10.1 Å². The number of thiazole rings is 1. The zero-order valence-corrected chi connectivity index (χ0v) is 10.2. The number of nitrogens with one attached hydrogen (secondary N) is 1. The van der Waals surface area contributed by atoms with E-state index in [1.807, 2.05) is 13.0 Å². The van der Waals surface area contributed by atoms with E-state index < -0.39 is 0 Å². The zero-order chi connectivity index (χ0) is 12.3. The van der Waals surface area contributed by atoms with Crippen molar-refractivity contribution >= 4 is 22.4 Å². The lowest BCUT2D eigenvalue weighted by Gasteiger charge is -1.96. The molecule has 0 spiro atoms. The maximum atomic E-state index is 11.2. The number of ether oxygens (including phenoxy) is 1. The molecule has 2 aromatic heterocycles. The van der Waals surface area contributed by atoms with Crippen LogP contribution in [0.1, 0.15) is 21.1 Å². The van der Waals surface area contributed by atoms with Crippen molar-refractivity contribution < 1.29 is 14.1 Å². The van der Waals surface area contributed by atoms with Gasteiger partial charge in [-0.3, -0.25) is 0 Å². The Bertz CT molecular complexity index is 520. The predicted molar refractivity (Wildman–Crippen MR) is 62.0 cm³/mol. The predicted octanol–water partition coefficient (Wildman–Crippen LogP) is 1.84. The number of hydrogen-bond donors (Lipinski definition) is 1. The normalized spacial score (nSPS) is 10.2. The molecule has 0 aromatic carbocycles. The molecule has 0 aliphatic carbocycles. The second-order valence-corrected chi connectivity index (χ2v) is 4.34. The SMILES string of the molecule is COC(=O)c1cnc(NCc2cc(C)no2)s1. The number of aryl methyl sites for hydroxylation is 1. The highest BCUT2D eigenvalue weighted by molar-refractivity contribution is 7.17. The molecule has 7 heteroatoms. The lowest BCUT2D eigenvalue weighted by molar-refractivity contribution is 0.0606. The van der Waals surface area contributed by atoms with E-state index in [1.165, 1.54) is 24.6 Å². The van der Waals surface area contributed by atoms with Gasteiger partial charge in [0, 0.05) is 6.07 Å². The van der Waals surface area contributed by atoms with Gasteiger partial charge in [0.15, 0.2) is 10.9 Å². The Labute approximate surface area is 102 Å². The van der Waals surface area contributed by atoms with Crippen LogP contribution in [-0.2, 0) is 11.3 Å². The van der Waals surface area contributed by atoms with Crippen molar-refractivity contribution in [2.45, 2.75) is 13.5 Å². The Kier molecular flexibility index (Phi) is 3.38. The number of rotatable bonds is 4. The fourth-order valence-electron chi connectivity index (χ4n) is 1.21. The summed E-state index contributed by atoms with van der Waals surface area (Å²) in [5.41, 5.74) is 0.830. The minimum absolute atomic E-state index is 0.383. The average molecular weight is 253 g/mol. The Morgan fingerprint density at radius 3 is 3.12 bits per heavy atom. The van der Waals surface area contributed by atoms with E-state index in [1.54, 1.807) is 0 Å².